The minimum atomic E-state index is -0.374. The molecule has 1 amide bonds. The Kier molecular flexibility index (Phi) is 3.93. The van der Waals surface area contributed by atoms with E-state index in [1.807, 2.05) is 0 Å². The first-order valence-corrected chi connectivity index (χ1v) is 6.17. The number of ether oxygens (including phenoxy) is 1. The molecule has 94 valence electrons. The van der Waals surface area contributed by atoms with E-state index in [9.17, 15) is 4.79 Å². The molecule has 2 rings (SSSR count). The molecule has 0 radical (unpaired) electrons. The Bertz CT molecular complexity index is 582. The summed E-state index contributed by atoms with van der Waals surface area (Å²) in [6.45, 7) is 0. The SMILES string of the molecule is COc1ccc(Cl)cc1NC(=O)c1ccc(Br)o1. The Morgan fingerprint density at radius 3 is 2.78 bits per heavy atom. The maximum atomic E-state index is 11.9. The molecule has 0 atom stereocenters. The molecular formula is C12H9BrClNO3. The van der Waals surface area contributed by atoms with Crippen LogP contribution in [0.25, 0.3) is 0 Å². The summed E-state index contributed by atoms with van der Waals surface area (Å²) in [6, 6.07) is 8.17. The third-order valence-corrected chi connectivity index (χ3v) is 2.87. The second-order valence-electron chi connectivity index (χ2n) is 3.40. The van der Waals surface area contributed by atoms with Gasteiger partial charge >= 0.3 is 0 Å². The Labute approximate surface area is 117 Å². The fourth-order valence-electron chi connectivity index (χ4n) is 1.40. The topological polar surface area (TPSA) is 51.5 Å². The van der Waals surface area contributed by atoms with Gasteiger partial charge < -0.3 is 14.5 Å². The number of halogens is 2. The van der Waals surface area contributed by atoms with Crippen molar-refractivity contribution in [2.45, 2.75) is 0 Å². The molecule has 1 aromatic heterocycles. The van der Waals surface area contributed by atoms with E-state index >= 15 is 0 Å². The number of hydrogen-bond acceptors (Lipinski definition) is 3. The summed E-state index contributed by atoms with van der Waals surface area (Å²) >= 11 is 9.00. The van der Waals surface area contributed by atoms with Crippen molar-refractivity contribution in [3.63, 3.8) is 0 Å². The number of benzene rings is 1. The van der Waals surface area contributed by atoms with Gasteiger partial charge in [0.25, 0.3) is 5.91 Å². The molecule has 1 N–H and O–H groups in total. The van der Waals surface area contributed by atoms with Crippen molar-refractivity contribution >= 4 is 39.1 Å². The molecule has 1 aromatic carbocycles. The van der Waals surface area contributed by atoms with E-state index in [1.165, 1.54) is 7.11 Å². The fourth-order valence-corrected chi connectivity index (χ4v) is 1.88. The highest BCUT2D eigenvalue weighted by Gasteiger charge is 2.13. The van der Waals surface area contributed by atoms with E-state index < -0.39 is 0 Å². The first-order valence-electron chi connectivity index (χ1n) is 5.00. The molecule has 0 bridgehead atoms. The zero-order chi connectivity index (χ0) is 13.1. The molecule has 18 heavy (non-hydrogen) atoms. The van der Waals surface area contributed by atoms with Crippen LogP contribution in [0.4, 0.5) is 5.69 Å². The van der Waals surface area contributed by atoms with Crippen molar-refractivity contribution < 1.29 is 13.9 Å². The quantitative estimate of drug-likeness (QED) is 0.927. The van der Waals surface area contributed by atoms with Crippen LogP contribution in [0.2, 0.25) is 5.02 Å². The Morgan fingerprint density at radius 1 is 1.39 bits per heavy atom. The van der Waals surface area contributed by atoms with Crippen LogP contribution in [0.1, 0.15) is 10.6 Å². The van der Waals surface area contributed by atoms with Crippen molar-refractivity contribution in [3.8, 4) is 5.75 Å². The average Bonchev–Trinajstić information content (AvgIpc) is 2.76. The third-order valence-electron chi connectivity index (χ3n) is 2.21. The predicted octanol–water partition coefficient (Wildman–Crippen LogP) is 3.96. The monoisotopic (exact) mass is 329 g/mol. The van der Waals surface area contributed by atoms with Crippen LogP contribution in [0.15, 0.2) is 39.4 Å². The van der Waals surface area contributed by atoms with Crippen LogP contribution >= 0.6 is 27.5 Å². The molecule has 0 spiro atoms. The van der Waals surface area contributed by atoms with Gasteiger partial charge in [0.2, 0.25) is 0 Å². The van der Waals surface area contributed by atoms with Crippen LogP contribution in [0.5, 0.6) is 5.75 Å². The van der Waals surface area contributed by atoms with Crippen LogP contribution in [-0.4, -0.2) is 13.0 Å². The number of hydrogen-bond donors (Lipinski definition) is 1. The summed E-state index contributed by atoms with van der Waals surface area (Å²) in [6.07, 6.45) is 0. The van der Waals surface area contributed by atoms with E-state index in [0.717, 1.165) is 0 Å². The third kappa shape index (κ3) is 2.86. The number of carbonyl (C=O) groups excluding carboxylic acids is 1. The van der Waals surface area contributed by atoms with Crippen LogP contribution in [0.3, 0.4) is 0 Å². The molecule has 2 aromatic rings. The number of nitrogens with one attached hydrogen (secondary N) is 1. The number of amides is 1. The largest absolute Gasteiger partial charge is 0.495 e. The smallest absolute Gasteiger partial charge is 0.291 e. The van der Waals surface area contributed by atoms with Gasteiger partial charge in [-0.25, -0.2) is 0 Å². The summed E-state index contributed by atoms with van der Waals surface area (Å²) in [4.78, 5) is 11.9. The maximum absolute atomic E-state index is 11.9. The van der Waals surface area contributed by atoms with E-state index in [-0.39, 0.29) is 11.7 Å². The van der Waals surface area contributed by atoms with Gasteiger partial charge in [-0.2, -0.15) is 0 Å². The van der Waals surface area contributed by atoms with Crippen LogP contribution in [0, 0.1) is 0 Å². The number of anilines is 1. The highest BCUT2D eigenvalue weighted by molar-refractivity contribution is 9.10. The highest BCUT2D eigenvalue weighted by Crippen LogP contribution is 2.28. The minimum Gasteiger partial charge on any atom is -0.495 e. The second-order valence-corrected chi connectivity index (χ2v) is 4.62. The molecule has 0 aliphatic rings. The van der Waals surface area contributed by atoms with Crippen LogP contribution in [-0.2, 0) is 0 Å². The Hall–Kier alpha value is -1.46. The van der Waals surface area contributed by atoms with Gasteiger partial charge in [-0.05, 0) is 46.3 Å². The molecule has 0 saturated heterocycles. The first kappa shape index (κ1) is 13.0. The zero-order valence-corrected chi connectivity index (χ0v) is 11.7. The van der Waals surface area contributed by atoms with Gasteiger partial charge in [0.1, 0.15) is 5.75 Å². The molecule has 0 aliphatic heterocycles. The lowest BCUT2D eigenvalue weighted by atomic mass is 10.3. The van der Waals surface area contributed by atoms with Gasteiger partial charge in [-0.3, -0.25) is 4.79 Å². The first-order chi connectivity index (χ1) is 8.60. The standard InChI is InChI=1S/C12H9BrClNO3/c1-17-9-3-2-7(14)6-8(9)15-12(16)10-4-5-11(13)18-10/h2-6H,1H3,(H,15,16). The van der Waals surface area contributed by atoms with Crippen molar-refractivity contribution in [2.75, 3.05) is 12.4 Å². The van der Waals surface area contributed by atoms with Gasteiger partial charge in [-0.1, -0.05) is 11.6 Å². The minimum absolute atomic E-state index is 0.198. The Morgan fingerprint density at radius 2 is 2.17 bits per heavy atom. The van der Waals surface area contributed by atoms with Gasteiger partial charge in [-0.15, -0.1) is 0 Å². The molecule has 0 aliphatic carbocycles. The average molecular weight is 331 g/mol. The van der Waals surface area contributed by atoms with Gasteiger partial charge in [0.05, 0.1) is 12.8 Å². The predicted molar refractivity (Wildman–Crippen MR) is 72.4 cm³/mol. The summed E-state index contributed by atoms with van der Waals surface area (Å²) in [5.74, 6) is 0.351. The van der Waals surface area contributed by atoms with Crippen LogP contribution < -0.4 is 10.1 Å². The van der Waals surface area contributed by atoms with Crippen molar-refractivity contribution in [2.24, 2.45) is 0 Å². The molecule has 0 saturated carbocycles. The maximum Gasteiger partial charge on any atom is 0.291 e. The van der Waals surface area contributed by atoms with Gasteiger partial charge in [0, 0.05) is 5.02 Å². The molecule has 4 nitrogen and oxygen atoms in total. The molecular weight excluding hydrogens is 321 g/mol. The lowest BCUT2D eigenvalue weighted by Crippen LogP contribution is -2.11. The van der Waals surface area contributed by atoms with E-state index in [2.05, 4.69) is 21.2 Å². The molecule has 0 unspecified atom stereocenters. The normalized spacial score (nSPS) is 10.2. The lowest BCUT2D eigenvalue weighted by Gasteiger charge is -2.09. The summed E-state index contributed by atoms with van der Waals surface area (Å²) in [5, 5.41) is 3.18. The Balaban J connectivity index is 2.23. The number of rotatable bonds is 3. The summed E-state index contributed by atoms with van der Waals surface area (Å²) < 4.78 is 10.8. The van der Waals surface area contributed by atoms with E-state index in [0.29, 0.717) is 21.1 Å². The van der Waals surface area contributed by atoms with E-state index in [1.54, 1.807) is 30.3 Å². The molecule has 1 heterocycles. The molecule has 6 heteroatoms. The zero-order valence-electron chi connectivity index (χ0n) is 9.37. The highest BCUT2D eigenvalue weighted by atomic mass is 79.9. The van der Waals surface area contributed by atoms with Crippen molar-refractivity contribution in [1.29, 1.82) is 0 Å². The number of furan rings is 1. The van der Waals surface area contributed by atoms with E-state index in [4.69, 9.17) is 20.8 Å². The molecule has 0 fully saturated rings. The van der Waals surface area contributed by atoms with Crippen molar-refractivity contribution in [1.82, 2.24) is 0 Å². The van der Waals surface area contributed by atoms with Crippen molar-refractivity contribution in [3.05, 3.63) is 45.8 Å². The number of carbonyl (C=O) groups is 1. The second kappa shape index (κ2) is 5.46. The lowest BCUT2D eigenvalue weighted by molar-refractivity contribution is 0.0995. The summed E-state index contributed by atoms with van der Waals surface area (Å²) in [7, 11) is 1.52. The number of methoxy groups -OCH3 is 1. The van der Waals surface area contributed by atoms with Gasteiger partial charge in [0.15, 0.2) is 10.4 Å². The summed E-state index contributed by atoms with van der Waals surface area (Å²) in [5.41, 5.74) is 0.488. The fraction of sp³-hybridized carbons (Fsp3) is 0.0833.